The van der Waals surface area contributed by atoms with Crippen molar-refractivity contribution in [3.05, 3.63) is 28.5 Å². The smallest absolute Gasteiger partial charge is 0.229 e. The van der Waals surface area contributed by atoms with Crippen LogP contribution < -0.4 is 0 Å². The lowest BCUT2D eigenvalue weighted by atomic mass is 10.3. The fraction of sp³-hybridized carbons (Fsp3) is 0.300. The third-order valence-electron chi connectivity index (χ3n) is 2.26. The lowest BCUT2D eigenvalue weighted by Gasteiger charge is -2.13. The van der Waals surface area contributed by atoms with E-state index in [1.54, 1.807) is 12.4 Å². The number of aromatic nitrogens is 1. The maximum atomic E-state index is 11.3. The number of hydrogen-bond acceptors (Lipinski definition) is 3. The van der Waals surface area contributed by atoms with Gasteiger partial charge < -0.3 is 0 Å². The predicted octanol–water partition coefficient (Wildman–Crippen LogP) is 1.49. The molecule has 15 heavy (non-hydrogen) atoms. The Bertz CT molecular complexity index is 404. The van der Waals surface area contributed by atoms with Crippen LogP contribution >= 0.6 is 15.9 Å². The summed E-state index contributed by atoms with van der Waals surface area (Å²) in [4.78, 5) is 28.0. The van der Waals surface area contributed by atoms with Gasteiger partial charge in [0.2, 0.25) is 11.8 Å². The normalized spacial score (nSPS) is 16.2. The van der Waals surface area contributed by atoms with Crippen LogP contribution in [0.2, 0.25) is 0 Å². The van der Waals surface area contributed by atoms with Gasteiger partial charge in [0.25, 0.3) is 0 Å². The van der Waals surface area contributed by atoms with E-state index in [-0.39, 0.29) is 11.8 Å². The van der Waals surface area contributed by atoms with E-state index in [4.69, 9.17) is 0 Å². The molecule has 0 atom stereocenters. The van der Waals surface area contributed by atoms with Gasteiger partial charge in [-0.15, -0.1) is 0 Å². The van der Waals surface area contributed by atoms with Crippen LogP contribution in [0.3, 0.4) is 0 Å². The second-order valence-electron chi connectivity index (χ2n) is 3.39. The van der Waals surface area contributed by atoms with Gasteiger partial charge in [-0.3, -0.25) is 19.5 Å². The highest BCUT2D eigenvalue weighted by atomic mass is 79.9. The van der Waals surface area contributed by atoms with Crippen molar-refractivity contribution in [3.8, 4) is 0 Å². The second kappa shape index (κ2) is 4.10. The predicted molar refractivity (Wildman–Crippen MR) is 56.7 cm³/mol. The molecule has 0 bridgehead atoms. The van der Waals surface area contributed by atoms with Crippen LogP contribution in [0.1, 0.15) is 18.4 Å². The van der Waals surface area contributed by atoms with E-state index in [1.807, 2.05) is 6.07 Å². The van der Waals surface area contributed by atoms with Crippen molar-refractivity contribution >= 4 is 27.7 Å². The summed E-state index contributed by atoms with van der Waals surface area (Å²) in [6.45, 7) is 0.324. The summed E-state index contributed by atoms with van der Waals surface area (Å²) in [6.07, 6.45) is 3.99. The monoisotopic (exact) mass is 268 g/mol. The Morgan fingerprint density at radius 2 is 1.93 bits per heavy atom. The van der Waals surface area contributed by atoms with E-state index in [9.17, 15) is 9.59 Å². The Labute approximate surface area is 95.4 Å². The fourth-order valence-corrected chi connectivity index (χ4v) is 1.94. The Morgan fingerprint density at radius 3 is 2.53 bits per heavy atom. The number of nitrogens with zero attached hydrogens (tertiary/aromatic N) is 2. The SMILES string of the molecule is O=C1CCC(=O)N1Cc1cncc(Br)c1. The van der Waals surface area contributed by atoms with Gasteiger partial charge in [0.05, 0.1) is 6.54 Å². The van der Waals surface area contributed by atoms with E-state index in [1.165, 1.54) is 4.90 Å². The lowest BCUT2D eigenvalue weighted by Crippen LogP contribution is -2.28. The van der Waals surface area contributed by atoms with Crippen molar-refractivity contribution < 1.29 is 9.59 Å². The summed E-state index contributed by atoms with van der Waals surface area (Å²) >= 11 is 3.29. The van der Waals surface area contributed by atoms with Gasteiger partial charge in [-0.1, -0.05) is 0 Å². The van der Waals surface area contributed by atoms with Crippen molar-refractivity contribution in [2.24, 2.45) is 0 Å². The minimum absolute atomic E-state index is 0.0972. The molecule has 78 valence electrons. The molecule has 1 saturated heterocycles. The Kier molecular flexibility index (Phi) is 2.81. The molecule has 2 rings (SSSR count). The van der Waals surface area contributed by atoms with E-state index >= 15 is 0 Å². The highest BCUT2D eigenvalue weighted by Gasteiger charge is 2.28. The van der Waals surface area contributed by atoms with Crippen LogP contribution in [-0.4, -0.2) is 21.7 Å². The number of imide groups is 1. The first-order valence-electron chi connectivity index (χ1n) is 4.59. The minimum Gasteiger partial charge on any atom is -0.278 e. The summed E-state index contributed by atoms with van der Waals surface area (Å²) < 4.78 is 0.846. The van der Waals surface area contributed by atoms with E-state index < -0.39 is 0 Å². The largest absolute Gasteiger partial charge is 0.278 e. The van der Waals surface area contributed by atoms with Gasteiger partial charge >= 0.3 is 0 Å². The zero-order valence-electron chi connectivity index (χ0n) is 7.94. The zero-order valence-corrected chi connectivity index (χ0v) is 9.53. The van der Waals surface area contributed by atoms with Gasteiger partial charge in [-0.05, 0) is 27.6 Å². The molecule has 5 heteroatoms. The summed E-state index contributed by atoms with van der Waals surface area (Å²) in [6, 6.07) is 1.85. The van der Waals surface area contributed by atoms with Crippen molar-refractivity contribution in [3.63, 3.8) is 0 Å². The van der Waals surface area contributed by atoms with E-state index in [0.717, 1.165) is 10.0 Å². The Morgan fingerprint density at radius 1 is 1.27 bits per heavy atom. The zero-order chi connectivity index (χ0) is 10.8. The van der Waals surface area contributed by atoms with Crippen molar-refractivity contribution in [2.45, 2.75) is 19.4 Å². The standard InChI is InChI=1S/C10H9BrN2O2/c11-8-3-7(4-12-5-8)6-13-9(14)1-2-10(13)15/h3-5H,1-2,6H2. The van der Waals surface area contributed by atoms with Gasteiger partial charge in [0.1, 0.15) is 0 Å². The number of rotatable bonds is 2. The van der Waals surface area contributed by atoms with Crippen LogP contribution in [0.5, 0.6) is 0 Å². The third-order valence-corrected chi connectivity index (χ3v) is 2.69. The molecule has 4 nitrogen and oxygen atoms in total. The Balaban J connectivity index is 2.15. The fourth-order valence-electron chi connectivity index (χ4n) is 1.52. The highest BCUT2D eigenvalue weighted by molar-refractivity contribution is 9.10. The first kappa shape index (κ1) is 10.3. The molecular weight excluding hydrogens is 260 g/mol. The molecule has 1 fully saturated rings. The molecule has 1 aromatic rings. The van der Waals surface area contributed by atoms with Crippen LogP contribution in [0, 0.1) is 0 Å². The van der Waals surface area contributed by atoms with Gasteiger partial charge in [0.15, 0.2) is 0 Å². The number of amides is 2. The molecule has 2 amide bonds. The molecular formula is C10H9BrN2O2. The first-order chi connectivity index (χ1) is 7.16. The average molecular weight is 269 g/mol. The summed E-state index contributed by atoms with van der Waals surface area (Å²) in [7, 11) is 0. The molecule has 1 aliphatic heterocycles. The number of halogens is 1. The van der Waals surface area contributed by atoms with E-state index in [0.29, 0.717) is 19.4 Å². The molecule has 0 saturated carbocycles. The van der Waals surface area contributed by atoms with Crippen molar-refractivity contribution in [1.29, 1.82) is 0 Å². The maximum absolute atomic E-state index is 11.3. The van der Waals surface area contributed by atoms with Gasteiger partial charge in [0, 0.05) is 29.7 Å². The molecule has 1 aliphatic rings. The molecule has 0 aliphatic carbocycles. The number of hydrogen-bond donors (Lipinski definition) is 0. The number of likely N-dealkylation sites (tertiary alicyclic amines) is 1. The second-order valence-corrected chi connectivity index (χ2v) is 4.30. The molecule has 0 radical (unpaired) electrons. The van der Waals surface area contributed by atoms with E-state index in [2.05, 4.69) is 20.9 Å². The first-order valence-corrected chi connectivity index (χ1v) is 5.39. The number of pyridine rings is 1. The van der Waals surface area contributed by atoms with Crippen LogP contribution in [-0.2, 0) is 16.1 Å². The third kappa shape index (κ3) is 2.23. The van der Waals surface area contributed by atoms with Gasteiger partial charge in [-0.2, -0.15) is 0 Å². The molecule has 0 aromatic carbocycles. The van der Waals surface area contributed by atoms with Crippen LogP contribution in [0.4, 0.5) is 0 Å². The summed E-state index contributed by atoms with van der Waals surface area (Å²) in [5, 5.41) is 0. The van der Waals surface area contributed by atoms with Crippen LogP contribution in [0.15, 0.2) is 22.9 Å². The lowest BCUT2D eigenvalue weighted by molar-refractivity contribution is -0.139. The topological polar surface area (TPSA) is 50.3 Å². The number of carbonyl (C=O) groups excluding carboxylic acids is 2. The summed E-state index contributed by atoms with van der Waals surface area (Å²) in [5.74, 6) is -0.194. The molecule has 0 N–H and O–H groups in total. The molecule has 1 aromatic heterocycles. The van der Waals surface area contributed by atoms with Crippen molar-refractivity contribution in [2.75, 3.05) is 0 Å². The quantitative estimate of drug-likeness (QED) is 0.764. The molecule has 0 unspecified atom stereocenters. The Hall–Kier alpha value is -1.23. The van der Waals surface area contributed by atoms with Crippen LogP contribution in [0.25, 0.3) is 0 Å². The number of carbonyl (C=O) groups is 2. The molecule has 2 heterocycles. The summed E-state index contributed by atoms with van der Waals surface area (Å²) in [5.41, 5.74) is 0.855. The molecule has 0 spiro atoms. The van der Waals surface area contributed by atoms with Gasteiger partial charge in [-0.25, -0.2) is 0 Å². The van der Waals surface area contributed by atoms with Crippen molar-refractivity contribution in [1.82, 2.24) is 9.88 Å². The maximum Gasteiger partial charge on any atom is 0.229 e. The minimum atomic E-state index is -0.0972. The highest BCUT2D eigenvalue weighted by Crippen LogP contribution is 2.17. The average Bonchev–Trinajstić information content (AvgIpc) is 2.50.